The van der Waals surface area contributed by atoms with Gasteiger partial charge in [-0.2, -0.15) is 10.2 Å². The van der Waals surface area contributed by atoms with Gasteiger partial charge in [-0.3, -0.25) is 0 Å². The van der Waals surface area contributed by atoms with E-state index in [1.165, 1.54) is 11.1 Å². The molecule has 0 radical (unpaired) electrons. The van der Waals surface area contributed by atoms with Gasteiger partial charge in [0.15, 0.2) is 0 Å². The van der Waals surface area contributed by atoms with Crippen LogP contribution in [0.25, 0.3) is 0 Å². The van der Waals surface area contributed by atoms with Gasteiger partial charge in [-0.05, 0) is 44.0 Å². The Balaban J connectivity index is 2.27. The molecule has 0 spiro atoms. The van der Waals surface area contributed by atoms with Crippen LogP contribution in [-0.2, 0) is 6.42 Å². The first kappa shape index (κ1) is 13.7. The van der Waals surface area contributed by atoms with Crippen molar-refractivity contribution in [2.24, 2.45) is 0 Å². The molecule has 2 rings (SSSR count). The number of nitrogens with zero attached hydrogens (tertiary/aromatic N) is 2. The standard InChI is InChI=1S/C16H21N3/c1-4-17-16(11-14-8-6-5-7-9-14)15-10-12(2)18-19-13(15)3/h5-10,16-17H,4,11H2,1-3H3. The molecular formula is C16H21N3. The summed E-state index contributed by atoms with van der Waals surface area (Å²) in [6, 6.07) is 13.0. The van der Waals surface area contributed by atoms with Gasteiger partial charge in [-0.1, -0.05) is 37.3 Å². The van der Waals surface area contributed by atoms with Gasteiger partial charge in [0.1, 0.15) is 0 Å². The third kappa shape index (κ3) is 3.61. The zero-order valence-electron chi connectivity index (χ0n) is 11.9. The number of aromatic nitrogens is 2. The van der Waals surface area contributed by atoms with Crippen LogP contribution in [0.5, 0.6) is 0 Å². The quantitative estimate of drug-likeness (QED) is 0.892. The second-order valence-corrected chi connectivity index (χ2v) is 4.83. The number of likely N-dealkylation sites (N-methyl/N-ethyl adjacent to an activating group) is 1. The van der Waals surface area contributed by atoms with Gasteiger partial charge < -0.3 is 5.32 Å². The highest BCUT2D eigenvalue weighted by molar-refractivity contribution is 5.27. The topological polar surface area (TPSA) is 37.8 Å². The summed E-state index contributed by atoms with van der Waals surface area (Å²) in [5.41, 5.74) is 4.56. The number of rotatable bonds is 5. The highest BCUT2D eigenvalue weighted by atomic mass is 15.1. The molecule has 1 atom stereocenters. The predicted molar refractivity (Wildman–Crippen MR) is 78.1 cm³/mol. The predicted octanol–water partition coefficient (Wildman–Crippen LogP) is 2.99. The lowest BCUT2D eigenvalue weighted by molar-refractivity contribution is 0.542. The summed E-state index contributed by atoms with van der Waals surface area (Å²) in [7, 11) is 0. The molecule has 1 heterocycles. The van der Waals surface area contributed by atoms with Crippen LogP contribution in [0.3, 0.4) is 0 Å². The van der Waals surface area contributed by atoms with E-state index >= 15 is 0 Å². The number of nitrogens with one attached hydrogen (secondary N) is 1. The Morgan fingerprint density at radius 1 is 1.11 bits per heavy atom. The second kappa shape index (κ2) is 6.43. The Hall–Kier alpha value is -1.74. The van der Waals surface area contributed by atoms with Crippen LogP contribution in [0.4, 0.5) is 0 Å². The Kier molecular flexibility index (Phi) is 4.63. The van der Waals surface area contributed by atoms with E-state index in [1.54, 1.807) is 0 Å². The third-order valence-electron chi connectivity index (χ3n) is 3.25. The average molecular weight is 255 g/mol. The van der Waals surface area contributed by atoms with E-state index in [9.17, 15) is 0 Å². The van der Waals surface area contributed by atoms with E-state index in [0.29, 0.717) is 6.04 Å². The molecule has 0 aliphatic rings. The lowest BCUT2D eigenvalue weighted by Gasteiger charge is -2.20. The Morgan fingerprint density at radius 3 is 2.53 bits per heavy atom. The molecule has 0 aliphatic carbocycles. The molecule has 1 unspecified atom stereocenters. The molecule has 1 aromatic heterocycles. The molecule has 0 fully saturated rings. The number of benzene rings is 1. The first-order valence-corrected chi connectivity index (χ1v) is 6.79. The highest BCUT2D eigenvalue weighted by Crippen LogP contribution is 2.20. The summed E-state index contributed by atoms with van der Waals surface area (Å²) >= 11 is 0. The van der Waals surface area contributed by atoms with Crippen molar-refractivity contribution in [2.45, 2.75) is 33.2 Å². The fourth-order valence-electron chi connectivity index (χ4n) is 2.31. The molecule has 19 heavy (non-hydrogen) atoms. The summed E-state index contributed by atoms with van der Waals surface area (Å²) in [5, 5.41) is 11.9. The largest absolute Gasteiger partial charge is 0.310 e. The number of aryl methyl sites for hydroxylation is 2. The Labute approximate surface area is 115 Å². The van der Waals surface area contributed by atoms with Crippen molar-refractivity contribution < 1.29 is 0 Å². The van der Waals surface area contributed by atoms with Crippen molar-refractivity contribution in [1.29, 1.82) is 0 Å². The van der Waals surface area contributed by atoms with Crippen LogP contribution in [0.15, 0.2) is 36.4 Å². The van der Waals surface area contributed by atoms with Crippen molar-refractivity contribution >= 4 is 0 Å². The van der Waals surface area contributed by atoms with E-state index in [4.69, 9.17) is 0 Å². The van der Waals surface area contributed by atoms with Gasteiger partial charge >= 0.3 is 0 Å². The van der Waals surface area contributed by atoms with Gasteiger partial charge in [0.2, 0.25) is 0 Å². The van der Waals surface area contributed by atoms with Crippen LogP contribution in [0.1, 0.15) is 35.5 Å². The summed E-state index contributed by atoms with van der Waals surface area (Å²) < 4.78 is 0. The minimum absolute atomic E-state index is 0.293. The molecule has 0 amide bonds. The summed E-state index contributed by atoms with van der Waals surface area (Å²) in [4.78, 5) is 0. The maximum Gasteiger partial charge on any atom is 0.0648 e. The minimum Gasteiger partial charge on any atom is -0.310 e. The Bertz CT molecular complexity index is 523. The van der Waals surface area contributed by atoms with E-state index in [-0.39, 0.29) is 0 Å². The average Bonchev–Trinajstić information content (AvgIpc) is 2.42. The molecule has 0 bridgehead atoms. The van der Waals surface area contributed by atoms with E-state index in [2.05, 4.69) is 58.8 Å². The second-order valence-electron chi connectivity index (χ2n) is 4.83. The smallest absolute Gasteiger partial charge is 0.0648 e. The first-order chi connectivity index (χ1) is 9.20. The first-order valence-electron chi connectivity index (χ1n) is 6.79. The summed E-state index contributed by atoms with van der Waals surface area (Å²) in [6.45, 7) is 7.09. The third-order valence-corrected chi connectivity index (χ3v) is 3.25. The van der Waals surface area contributed by atoms with E-state index < -0.39 is 0 Å². The fraction of sp³-hybridized carbons (Fsp3) is 0.375. The molecule has 0 saturated carbocycles. The zero-order valence-corrected chi connectivity index (χ0v) is 11.9. The molecule has 2 aromatic rings. The van der Waals surface area contributed by atoms with Crippen molar-refractivity contribution in [1.82, 2.24) is 15.5 Å². The minimum atomic E-state index is 0.293. The van der Waals surface area contributed by atoms with Crippen molar-refractivity contribution in [3.8, 4) is 0 Å². The molecule has 0 aliphatic heterocycles. The van der Waals surface area contributed by atoms with Gasteiger partial charge in [0.05, 0.1) is 11.4 Å². The lowest BCUT2D eigenvalue weighted by atomic mass is 9.97. The van der Waals surface area contributed by atoms with Gasteiger partial charge in [0.25, 0.3) is 0 Å². The maximum absolute atomic E-state index is 4.23. The van der Waals surface area contributed by atoms with E-state index in [0.717, 1.165) is 24.4 Å². The molecule has 3 nitrogen and oxygen atoms in total. The van der Waals surface area contributed by atoms with Crippen LogP contribution >= 0.6 is 0 Å². The van der Waals surface area contributed by atoms with Crippen LogP contribution in [-0.4, -0.2) is 16.7 Å². The highest BCUT2D eigenvalue weighted by Gasteiger charge is 2.15. The monoisotopic (exact) mass is 255 g/mol. The molecule has 100 valence electrons. The zero-order chi connectivity index (χ0) is 13.7. The van der Waals surface area contributed by atoms with Gasteiger partial charge in [0, 0.05) is 6.04 Å². The molecule has 0 saturated heterocycles. The normalized spacial score (nSPS) is 12.4. The number of hydrogen-bond donors (Lipinski definition) is 1. The maximum atomic E-state index is 4.23. The van der Waals surface area contributed by atoms with Gasteiger partial charge in [-0.15, -0.1) is 0 Å². The van der Waals surface area contributed by atoms with Crippen molar-refractivity contribution in [2.75, 3.05) is 6.54 Å². The summed E-state index contributed by atoms with van der Waals surface area (Å²) in [5.74, 6) is 0. The van der Waals surface area contributed by atoms with Crippen LogP contribution in [0.2, 0.25) is 0 Å². The van der Waals surface area contributed by atoms with Crippen molar-refractivity contribution in [3.05, 3.63) is 58.9 Å². The summed E-state index contributed by atoms with van der Waals surface area (Å²) in [6.07, 6.45) is 0.973. The fourth-order valence-corrected chi connectivity index (χ4v) is 2.31. The lowest BCUT2D eigenvalue weighted by Crippen LogP contribution is -2.24. The molecule has 1 aromatic carbocycles. The molecule has 3 heteroatoms. The van der Waals surface area contributed by atoms with E-state index in [1.807, 2.05) is 13.8 Å². The van der Waals surface area contributed by atoms with Crippen LogP contribution < -0.4 is 5.32 Å². The number of hydrogen-bond acceptors (Lipinski definition) is 3. The Morgan fingerprint density at radius 2 is 1.84 bits per heavy atom. The van der Waals surface area contributed by atoms with Crippen LogP contribution in [0, 0.1) is 13.8 Å². The molecule has 1 N–H and O–H groups in total. The van der Waals surface area contributed by atoms with Gasteiger partial charge in [-0.25, -0.2) is 0 Å². The van der Waals surface area contributed by atoms with Crippen molar-refractivity contribution in [3.63, 3.8) is 0 Å². The SMILES string of the molecule is CCNC(Cc1ccccc1)c1cc(C)nnc1C. The molecular weight excluding hydrogens is 234 g/mol.